The Morgan fingerprint density at radius 1 is 0.960 bits per heavy atom. The Hall–Kier alpha value is -2.05. The summed E-state index contributed by atoms with van der Waals surface area (Å²) in [5, 5.41) is 8.75. The molecule has 0 fully saturated rings. The van der Waals surface area contributed by atoms with Crippen LogP contribution in [0.1, 0.15) is 17.5 Å². The Labute approximate surface area is 160 Å². The summed E-state index contributed by atoms with van der Waals surface area (Å²) >= 11 is 9.42. The average Bonchev–Trinajstić information content (AvgIpc) is 2.60. The van der Waals surface area contributed by atoms with E-state index in [0.717, 1.165) is 15.6 Å². The van der Waals surface area contributed by atoms with E-state index in [1.165, 1.54) is 0 Å². The third-order valence-electron chi connectivity index (χ3n) is 3.42. The Morgan fingerprint density at radius 2 is 1.72 bits per heavy atom. The van der Waals surface area contributed by atoms with Crippen LogP contribution in [-0.2, 0) is 17.9 Å². The van der Waals surface area contributed by atoms with Crippen LogP contribution in [0.3, 0.4) is 0 Å². The van der Waals surface area contributed by atoms with Crippen molar-refractivity contribution >= 4 is 39.5 Å². The molecule has 0 saturated heterocycles. The minimum atomic E-state index is -0.338. The normalized spacial score (nSPS) is 10.2. The van der Waals surface area contributed by atoms with E-state index in [-0.39, 0.29) is 24.9 Å². The number of rotatable bonds is 7. The molecule has 132 valence electrons. The zero-order chi connectivity index (χ0) is 18.1. The van der Waals surface area contributed by atoms with E-state index in [0.29, 0.717) is 18.1 Å². The second-order valence-electron chi connectivity index (χ2n) is 5.36. The van der Waals surface area contributed by atoms with Gasteiger partial charge in [-0.2, -0.15) is 0 Å². The van der Waals surface area contributed by atoms with E-state index < -0.39 is 0 Å². The van der Waals surface area contributed by atoms with Crippen LogP contribution in [0.15, 0.2) is 53.0 Å². The maximum atomic E-state index is 11.7. The molecule has 0 radical (unpaired) electrons. The second-order valence-corrected chi connectivity index (χ2v) is 6.68. The van der Waals surface area contributed by atoms with Crippen molar-refractivity contribution in [1.29, 1.82) is 0 Å². The highest BCUT2D eigenvalue weighted by molar-refractivity contribution is 9.10. The van der Waals surface area contributed by atoms with Crippen molar-refractivity contribution in [3.05, 3.63) is 69.2 Å². The minimum absolute atomic E-state index is 0.111. The third kappa shape index (κ3) is 7.15. The summed E-state index contributed by atoms with van der Waals surface area (Å²) in [7, 11) is 0. The first-order valence-electron chi connectivity index (χ1n) is 7.81. The minimum Gasteiger partial charge on any atom is -0.352 e. The summed E-state index contributed by atoms with van der Waals surface area (Å²) in [5.41, 5.74) is 1.86. The lowest BCUT2D eigenvalue weighted by molar-refractivity contribution is -0.121. The first-order valence-corrected chi connectivity index (χ1v) is 8.98. The number of hydrogen-bond donors (Lipinski definition) is 3. The fourth-order valence-electron chi connectivity index (χ4n) is 2.08. The van der Waals surface area contributed by atoms with Crippen LogP contribution in [0.2, 0.25) is 5.02 Å². The second kappa shape index (κ2) is 10.1. The molecule has 2 rings (SSSR count). The van der Waals surface area contributed by atoms with Gasteiger partial charge in [-0.15, -0.1) is 0 Å². The highest BCUT2D eigenvalue weighted by Gasteiger charge is 2.06. The summed E-state index contributed by atoms with van der Waals surface area (Å²) in [5.74, 6) is -0.111. The molecular weight excluding hydrogens is 406 g/mol. The van der Waals surface area contributed by atoms with Gasteiger partial charge in [0.1, 0.15) is 0 Å². The number of hydrogen-bond acceptors (Lipinski definition) is 2. The van der Waals surface area contributed by atoms with Crippen LogP contribution in [0, 0.1) is 0 Å². The SMILES string of the molecule is O=C(CCNC(=O)NCc1ccc(Br)cc1Cl)NCc1ccccc1. The molecule has 0 unspecified atom stereocenters. The molecule has 2 aromatic rings. The monoisotopic (exact) mass is 423 g/mol. The molecule has 0 atom stereocenters. The van der Waals surface area contributed by atoms with Gasteiger partial charge >= 0.3 is 6.03 Å². The average molecular weight is 425 g/mol. The lowest BCUT2D eigenvalue weighted by Gasteiger charge is -2.09. The van der Waals surface area contributed by atoms with Crippen LogP contribution >= 0.6 is 27.5 Å². The standard InChI is InChI=1S/C18H19BrClN3O2/c19-15-7-6-14(16(20)10-15)12-23-18(25)21-9-8-17(24)22-11-13-4-2-1-3-5-13/h1-7,10H,8-9,11-12H2,(H,22,24)(H2,21,23,25). The third-order valence-corrected chi connectivity index (χ3v) is 4.27. The first kappa shape index (κ1) is 19.3. The zero-order valence-electron chi connectivity index (χ0n) is 13.5. The molecule has 7 heteroatoms. The van der Waals surface area contributed by atoms with Crippen molar-refractivity contribution in [2.45, 2.75) is 19.5 Å². The lowest BCUT2D eigenvalue weighted by Crippen LogP contribution is -2.37. The molecule has 3 N–H and O–H groups in total. The summed E-state index contributed by atoms with van der Waals surface area (Å²) in [6.45, 7) is 1.06. The molecule has 25 heavy (non-hydrogen) atoms. The number of carbonyl (C=O) groups excluding carboxylic acids is 2. The summed E-state index contributed by atoms with van der Waals surface area (Å²) in [6, 6.07) is 14.8. The Balaban J connectivity index is 1.62. The van der Waals surface area contributed by atoms with Gasteiger partial charge in [0, 0.05) is 35.6 Å². The fourth-order valence-corrected chi connectivity index (χ4v) is 2.82. The number of urea groups is 1. The van der Waals surface area contributed by atoms with E-state index in [9.17, 15) is 9.59 Å². The smallest absolute Gasteiger partial charge is 0.315 e. The molecule has 0 aliphatic heterocycles. The number of halogens is 2. The highest BCUT2D eigenvalue weighted by Crippen LogP contribution is 2.21. The number of benzene rings is 2. The Morgan fingerprint density at radius 3 is 2.44 bits per heavy atom. The van der Waals surface area contributed by atoms with E-state index >= 15 is 0 Å². The van der Waals surface area contributed by atoms with Crippen LogP contribution in [0.5, 0.6) is 0 Å². The number of carbonyl (C=O) groups is 2. The van der Waals surface area contributed by atoms with Crippen molar-refractivity contribution in [1.82, 2.24) is 16.0 Å². The molecule has 0 aliphatic carbocycles. The van der Waals surface area contributed by atoms with Gasteiger partial charge in [0.25, 0.3) is 0 Å². The Bertz CT molecular complexity index is 726. The molecule has 0 aromatic heterocycles. The van der Waals surface area contributed by atoms with E-state index in [4.69, 9.17) is 11.6 Å². The van der Waals surface area contributed by atoms with E-state index in [1.807, 2.05) is 42.5 Å². The van der Waals surface area contributed by atoms with E-state index in [2.05, 4.69) is 31.9 Å². The summed E-state index contributed by atoms with van der Waals surface area (Å²) in [4.78, 5) is 23.5. The van der Waals surface area contributed by atoms with Gasteiger partial charge in [-0.3, -0.25) is 4.79 Å². The molecule has 5 nitrogen and oxygen atoms in total. The zero-order valence-corrected chi connectivity index (χ0v) is 15.9. The van der Waals surface area contributed by atoms with Gasteiger partial charge in [-0.05, 0) is 23.3 Å². The van der Waals surface area contributed by atoms with Crippen LogP contribution < -0.4 is 16.0 Å². The van der Waals surface area contributed by atoms with Gasteiger partial charge in [-0.25, -0.2) is 4.79 Å². The molecule has 0 bridgehead atoms. The molecule has 3 amide bonds. The van der Waals surface area contributed by atoms with E-state index in [1.54, 1.807) is 6.07 Å². The molecule has 2 aromatic carbocycles. The quantitative estimate of drug-likeness (QED) is 0.635. The summed E-state index contributed by atoms with van der Waals surface area (Å²) < 4.78 is 0.882. The maximum Gasteiger partial charge on any atom is 0.315 e. The van der Waals surface area contributed by atoms with Gasteiger partial charge < -0.3 is 16.0 Å². The number of nitrogens with one attached hydrogen (secondary N) is 3. The lowest BCUT2D eigenvalue weighted by atomic mass is 10.2. The Kier molecular flexibility index (Phi) is 7.76. The molecule has 0 saturated carbocycles. The molecular formula is C18H19BrClN3O2. The van der Waals surface area contributed by atoms with Crippen LogP contribution in [0.4, 0.5) is 4.79 Å². The largest absolute Gasteiger partial charge is 0.352 e. The van der Waals surface area contributed by atoms with Gasteiger partial charge in [0.15, 0.2) is 0 Å². The maximum absolute atomic E-state index is 11.7. The highest BCUT2D eigenvalue weighted by atomic mass is 79.9. The van der Waals surface area contributed by atoms with Gasteiger partial charge in [0.2, 0.25) is 5.91 Å². The predicted octanol–water partition coefficient (Wildman–Crippen LogP) is 3.61. The van der Waals surface area contributed by atoms with Crippen molar-refractivity contribution in [3.8, 4) is 0 Å². The molecule has 0 aliphatic rings. The molecule has 0 heterocycles. The van der Waals surface area contributed by atoms with Crippen molar-refractivity contribution < 1.29 is 9.59 Å². The topological polar surface area (TPSA) is 70.2 Å². The summed E-state index contributed by atoms with van der Waals surface area (Å²) in [6.07, 6.45) is 0.222. The molecule has 0 spiro atoms. The first-order chi connectivity index (χ1) is 12.0. The van der Waals surface area contributed by atoms with Crippen molar-refractivity contribution in [3.63, 3.8) is 0 Å². The van der Waals surface area contributed by atoms with Crippen LogP contribution in [-0.4, -0.2) is 18.5 Å². The van der Waals surface area contributed by atoms with Gasteiger partial charge in [0.05, 0.1) is 0 Å². The van der Waals surface area contributed by atoms with Crippen LogP contribution in [0.25, 0.3) is 0 Å². The number of amides is 3. The van der Waals surface area contributed by atoms with Gasteiger partial charge in [-0.1, -0.05) is 63.9 Å². The fraction of sp³-hybridized carbons (Fsp3) is 0.222. The predicted molar refractivity (Wildman–Crippen MR) is 102 cm³/mol. The van der Waals surface area contributed by atoms with Crippen molar-refractivity contribution in [2.24, 2.45) is 0 Å². The van der Waals surface area contributed by atoms with Crippen molar-refractivity contribution in [2.75, 3.05) is 6.54 Å².